The molecule has 2 aromatic heterocycles. The first-order valence-corrected chi connectivity index (χ1v) is 9.83. The van der Waals surface area contributed by atoms with Crippen molar-refractivity contribution in [3.05, 3.63) is 70.1 Å². The highest BCUT2D eigenvalue weighted by molar-refractivity contribution is 6.35. The normalized spacial score (nSPS) is 14.5. The lowest BCUT2D eigenvalue weighted by atomic mass is 9.97. The fraction of sp³-hybridized carbons (Fsp3) is 0.182. The molecule has 1 aromatic carbocycles. The van der Waals surface area contributed by atoms with Crippen LogP contribution < -0.4 is 20.1 Å². The SMILES string of the molecule is COc1cnc(CN2C/C(=C\c3ccccc3)C(=O)c3c(Cl)nc(N)nc32)cc1OC. The fourth-order valence-electron chi connectivity index (χ4n) is 3.43. The van der Waals surface area contributed by atoms with E-state index in [0.717, 1.165) is 5.56 Å². The molecule has 3 heterocycles. The molecule has 0 saturated carbocycles. The highest BCUT2D eigenvalue weighted by Gasteiger charge is 2.32. The largest absolute Gasteiger partial charge is 0.493 e. The zero-order valence-corrected chi connectivity index (χ0v) is 17.8. The van der Waals surface area contributed by atoms with Crippen LogP contribution in [0, 0.1) is 0 Å². The Kier molecular flexibility index (Phi) is 5.73. The van der Waals surface area contributed by atoms with Crippen molar-refractivity contribution < 1.29 is 14.3 Å². The van der Waals surface area contributed by atoms with Gasteiger partial charge in [0.05, 0.1) is 32.7 Å². The van der Waals surface area contributed by atoms with Crippen LogP contribution in [-0.4, -0.2) is 41.5 Å². The number of benzene rings is 1. The highest BCUT2D eigenvalue weighted by Crippen LogP contribution is 2.35. The number of aromatic nitrogens is 3. The van der Waals surface area contributed by atoms with Crippen LogP contribution in [0.1, 0.15) is 21.6 Å². The van der Waals surface area contributed by atoms with Crippen LogP contribution in [-0.2, 0) is 6.54 Å². The lowest BCUT2D eigenvalue weighted by Crippen LogP contribution is -2.35. The van der Waals surface area contributed by atoms with Gasteiger partial charge in [0, 0.05) is 18.2 Å². The summed E-state index contributed by atoms with van der Waals surface area (Å²) in [7, 11) is 3.11. The van der Waals surface area contributed by atoms with Crippen LogP contribution in [0.25, 0.3) is 6.08 Å². The zero-order chi connectivity index (χ0) is 22.0. The molecule has 0 spiro atoms. The van der Waals surface area contributed by atoms with Gasteiger partial charge in [0.15, 0.2) is 17.3 Å². The Morgan fingerprint density at radius 2 is 1.90 bits per heavy atom. The summed E-state index contributed by atoms with van der Waals surface area (Å²) in [5, 5.41) is 0.0245. The van der Waals surface area contributed by atoms with E-state index in [1.807, 2.05) is 41.3 Å². The molecule has 8 nitrogen and oxygen atoms in total. The van der Waals surface area contributed by atoms with Crippen molar-refractivity contribution in [3.63, 3.8) is 0 Å². The molecule has 0 aliphatic carbocycles. The molecule has 0 unspecified atom stereocenters. The number of halogens is 1. The number of nitrogen functional groups attached to an aromatic ring is 1. The van der Waals surface area contributed by atoms with E-state index in [0.29, 0.717) is 41.7 Å². The third-order valence-electron chi connectivity index (χ3n) is 4.86. The number of pyridine rings is 1. The molecule has 4 rings (SSSR count). The van der Waals surface area contributed by atoms with E-state index < -0.39 is 0 Å². The molecule has 0 fully saturated rings. The van der Waals surface area contributed by atoms with Gasteiger partial charge in [0.1, 0.15) is 16.5 Å². The van der Waals surface area contributed by atoms with Gasteiger partial charge in [0.25, 0.3) is 0 Å². The van der Waals surface area contributed by atoms with Crippen molar-refractivity contribution in [3.8, 4) is 11.5 Å². The summed E-state index contributed by atoms with van der Waals surface area (Å²) in [6.45, 7) is 0.656. The predicted molar refractivity (Wildman–Crippen MR) is 119 cm³/mol. The number of hydrogen-bond acceptors (Lipinski definition) is 8. The number of carbonyl (C=O) groups excluding carboxylic acids is 1. The van der Waals surface area contributed by atoms with Crippen LogP contribution in [0.4, 0.5) is 11.8 Å². The fourth-order valence-corrected chi connectivity index (χ4v) is 3.68. The van der Waals surface area contributed by atoms with Gasteiger partial charge >= 0.3 is 0 Å². The van der Waals surface area contributed by atoms with Gasteiger partial charge in [-0.15, -0.1) is 0 Å². The second-order valence-corrected chi connectivity index (χ2v) is 7.23. The molecule has 158 valence electrons. The summed E-state index contributed by atoms with van der Waals surface area (Å²) >= 11 is 6.31. The summed E-state index contributed by atoms with van der Waals surface area (Å²) in [5.41, 5.74) is 8.21. The number of methoxy groups -OCH3 is 2. The van der Waals surface area contributed by atoms with Crippen LogP contribution in [0.3, 0.4) is 0 Å². The first-order valence-electron chi connectivity index (χ1n) is 9.45. The van der Waals surface area contributed by atoms with Gasteiger partial charge in [-0.1, -0.05) is 41.9 Å². The average molecular weight is 438 g/mol. The average Bonchev–Trinajstić information content (AvgIpc) is 2.77. The Morgan fingerprint density at radius 3 is 2.61 bits per heavy atom. The standard InChI is InChI=1S/C22H20ClN5O3/c1-30-16-9-15(25-10-17(16)31-2)12-28-11-14(8-13-6-4-3-5-7-13)19(29)18-20(23)26-22(24)27-21(18)28/h3-10H,11-12H2,1-2H3,(H2,24,26,27)/b14-8+. The third-order valence-corrected chi connectivity index (χ3v) is 5.14. The number of nitrogens with two attached hydrogens (primary N) is 1. The van der Waals surface area contributed by atoms with Crippen molar-refractivity contribution in [2.24, 2.45) is 0 Å². The quantitative estimate of drug-likeness (QED) is 0.478. The summed E-state index contributed by atoms with van der Waals surface area (Å²) < 4.78 is 10.6. The van der Waals surface area contributed by atoms with Crippen molar-refractivity contribution in [2.45, 2.75) is 6.54 Å². The van der Waals surface area contributed by atoms with Crippen molar-refractivity contribution in [1.29, 1.82) is 0 Å². The highest BCUT2D eigenvalue weighted by atomic mass is 35.5. The molecule has 0 atom stereocenters. The minimum absolute atomic E-state index is 0.00249. The molecule has 2 N–H and O–H groups in total. The molecule has 3 aromatic rings. The Bertz CT molecular complexity index is 1170. The molecule has 0 radical (unpaired) electrons. The number of fused-ring (bicyclic) bond motifs is 1. The van der Waals surface area contributed by atoms with E-state index in [1.54, 1.807) is 26.5 Å². The number of carbonyl (C=O) groups is 1. The molecule has 31 heavy (non-hydrogen) atoms. The lowest BCUT2D eigenvalue weighted by Gasteiger charge is -2.31. The van der Waals surface area contributed by atoms with E-state index in [9.17, 15) is 4.79 Å². The number of rotatable bonds is 5. The summed E-state index contributed by atoms with van der Waals surface area (Å²) in [6.07, 6.45) is 3.43. The number of nitrogens with zero attached hydrogens (tertiary/aromatic N) is 4. The molecule has 0 bridgehead atoms. The predicted octanol–water partition coefficient (Wildman–Crippen LogP) is 3.41. The first-order chi connectivity index (χ1) is 15.0. The molecule has 9 heteroatoms. The second kappa shape index (κ2) is 8.61. The molecular weight excluding hydrogens is 418 g/mol. The molecular formula is C22H20ClN5O3. The Labute approximate surface area is 184 Å². The summed E-state index contributed by atoms with van der Waals surface area (Å²) in [5.74, 6) is 1.24. The molecule has 0 saturated heterocycles. The molecule has 1 aliphatic rings. The molecule has 1 aliphatic heterocycles. The number of Topliss-reactive ketones (excluding diaryl/α,β-unsaturated/α-hetero) is 1. The van der Waals surface area contributed by atoms with Gasteiger partial charge in [0.2, 0.25) is 5.95 Å². The monoisotopic (exact) mass is 437 g/mol. The lowest BCUT2D eigenvalue weighted by molar-refractivity contribution is 0.103. The number of hydrogen-bond donors (Lipinski definition) is 1. The van der Waals surface area contributed by atoms with Crippen molar-refractivity contribution >= 4 is 35.2 Å². The van der Waals surface area contributed by atoms with Gasteiger partial charge in [-0.2, -0.15) is 4.98 Å². The number of ether oxygens (including phenoxy) is 2. The van der Waals surface area contributed by atoms with Crippen LogP contribution in [0.15, 0.2) is 48.2 Å². The minimum Gasteiger partial charge on any atom is -0.493 e. The summed E-state index contributed by atoms with van der Waals surface area (Å²) in [4.78, 5) is 27.8. The maximum atomic E-state index is 13.2. The maximum Gasteiger partial charge on any atom is 0.223 e. The van der Waals surface area contributed by atoms with Crippen molar-refractivity contribution in [2.75, 3.05) is 31.4 Å². The van der Waals surface area contributed by atoms with E-state index in [-0.39, 0.29) is 22.4 Å². The third kappa shape index (κ3) is 4.15. The zero-order valence-electron chi connectivity index (χ0n) is 17.0. The van der Waals surface area contributed by atoms with Crippen LogP contribution in [0.5, 0.6) is 11.5 Å². The Balaban J connectivity index is 1.77. The Hall–Kier alpha value is -3.65. The van der Waals surface area contributed by atoms with E-state index in [1.165, 1.54) is 0 Å². The van der Waals surface area contributed by atoms with E-state index in [4.69, 9.17) is 26.8 Å². The smallest absolute Gasteiger partial charge is 0.223 e. The van der Waals surface area contributed by atoms with Gasteiger partial charge in [-0.25, -0.2) is 4.98 Å². The maximum absolute atomic E-state index is 13.2. The van der Waals surface area contributed by atoms with Crippen molar-refractivity contribution in [1.82, 2.24) is 15.0 Å². The van der Waals surface area contributed by atoms with Gasteiger partial charge in [-0.3, -0.25) is 9.78 Å². The van der Waals surface area contributed by atoms with Crippen LogP contribution in [0.2, 0.25) is 5.15 Å². The molecule has 0 amide bonds. The second-order valence-electron chi connectivity index (χ2n) is 6.87. The topological polar surface area (TPSA) is 103 Å². The number of ketones is 1. The number of anilines is 2. The van der Waals surface area contributed by atoms with Crippen LogP contribution >= 0.6 is 11.6 Å². The van der Waals surface area contributed by atoms with Gasteiger partial charge < -0.3 is 20.1 Å². The minimum atomic E-state index is -0.222. The van der Waals surface area contributed by atoms with E-state index in [2.05, 4.69) is 15.0 Å². The Morgan fingerprint density at radius 1 is 1.16 bits per heavy atom. The summed E-state index contributed by atoms with van der Waals surface area (Å²) in [6, 6.07) is 11.4. The first kappa shape index (κ1) is 20.6. The van der Waals surface area contributed by atoms with E-state index >= 15 is 0 Å². The van der Waals surface area contributed by atoms with Gasteiger partial charge in [-0.05, 0) is 11.6 Å².